The zero-order chi connectivity index (χ0) is 15.6. The van der Waals surface area contributed by atoms with E-state index in [0.717, 1.165) is 44.8 Å². The Morgan fingerprint density at radius 2 is 1.86 bits per heavy atom. The molecule has 0 aromatic carbocycles. The highest BCUT2D eigenvalue weighted by atomic mass is 35.5. The van der Waals surface area contributed by atoms with Gasteiger partial charge in [0.2, 0.25) is 0 Å². The zero-order valence-electron chi connectivity index (χ0n) is 12.7. The minimum atomic E-state index is -0.406. The van der Waals surface area contributed by atoms with Crippen LogP contribution in [-0.2, 0) is 4.79 Å². The highest BCUT2D eigenvalue weighted by Crippen LogP contribution is 2.24. The van der Waals surface area contributed by atoms with Crippen LogP contribution in [0.4, 0.5) is 5.82 Å². The Morgan fingerprint density at radius 3 is 2.41 bits per heavy atom. The summed E-state index contributed by atoms with van der Waals surface area (Å²) in [5.41, 5.74) is 5.41. The van der Waals surface area contributed by atoms with E-state index in [0.29, 0.717) is 5.15 Å². The third kappa shape index (κ3) is 2.90. The van der Waals surface area contributed by atoms with Gasteiger partial charge in [0.1, 0.15) is 0 Å². The lowest BCUT2D eigenvalue weighted by atomic mass is 9.83. The summed E-state index contributed by atoms with van der Waals surface area (Å²) in [6, 6.07) is 3.62. The van der Waals surface area contributed by atoms with Crippen LogP contribution in [-0.4, -0.2) is 47.8 Å². The van der Waals surface area contributed by atoms with Crippen molar-refractivity contribution in [3.63, 3.8) is 0 Å². The fourth-order valence-corrected chi connectivity index (χ4v) is 3.93. The first-order chi connectivity index (χ1) is 10.6. The normalized spacial score (nSPS) is 22.5. The van der Waals surface area contributed by atoms with Gasteiger partial charge in [-0.3, -0.25) is 4.79 Å². The zero-order valence-corrected chi connectivity index (χ0v) is 13.5. The quantitative estimate of drug-likeness (QED) is 0.822. The highest BCUT2D eigenvalue weighted by molar-refractivity contribution is 6.29. The van der Waals surface area contributed by atoms with Gasteiger partial charge in [0, 0.05) is 25.9 Å². The summed E-state index contributed by atoms with van der Waals surface area (Å²) < 4.78 is 0. The van der Waals surface area contributed by atoms with E-state index in [1.165, 1.54) is 24.2 Å². The third-order valence-corrected chi connectivity index (χ3v) is 5.37. The van der Waals surface area contributed by atoms with Crippen LogP contribution in [0.25, 0.3) is 0 Å². The van der Waals surface area contributed by atoms with Gasteiger partial charge in [-0.05, 0) is 31.4 Å². The predicted octanol–water partition coefficient (Wildman–Crippen LogP) is 0.0231. The predicted molar refractivity (Wildman–Crippen MR) is 85.0 cm³/mol. The topological polar surface area (TPSA) is 76.6 Å². The van der Waals surface area contributed by atoms with E-state index in [4.69, 9.17) is 17.3 Å². The lowest BCUT2D eigenvalue weighted by Gasteiger charge is -2.45. The van der Waals surface area contributed by atoms with E-state index in [1.807, 2.05) is 6.07 Å². The van der Waals surface area contributed by atoms with Crippen molar-refractivity contribution in [2.24, 2.45) is 5.73 Å². The van der Waals surface area contributed by atoms with E-state index in [9.17, 15) is 4.79 Å². The van der Waals surface area contributed by atoms with E-state index in [-0.39, 0.29) is 5.91 Å². The first-order valence-electron chi connectivity index (χ1n) is 8.01. The van der Waals surface area contributed by atoms with Crippen molar-refractivity contribution in [1.29, 1.82) is 0 Å². The Hall–Kier alpha value is -1.40. The maximum atomic E-state index is 12.2. The molecule has 2 fully saturated rings. The lowest BCUT2D eigenvalue weighted by molar-refractivity contribution is -0.947. The van der Waals surface area contributed by atoms with Gasteiger partial charge < -0.3 is 15.5 Å². The summed E-state index contributed by atoms with van der Waals surface area (Å²) in [7, 11) is 0. The SMILES string of the molecule is NC(=O)C1([NH+]2CCCCC2)CCN(c2ccc(Cl)nn2)CC1. The van der Waals surface area contributed by atoms with Crippen LogP contribution in [0.15, 0.2) is 12.1 Å². The highest BCUT2D eigenvalue weighted by Gasteiger charge is 2.49. The van der Waals surface area contributed by atoms with Crippen molar-refractivity contribution >= 4 is 23.3 Å². The second-order valence-corrected chi connectivity index (χ2v) is 6.70. The maximum Gasteiger partial charge on any atom is 0.278 e. The van der Waals surface area contributed by atoms with Crippen molar-refractivity contribution in [3.8, 4) is 0 Å². The molecule has 0 spiro atoms. The number of halogens is 1. The number of nitrogens with two attached hydrogens (primary N) is 1. The number of hydrogen-bond acceptors (Lipinski definition) is 4. The molecule has 22 heavy (non-hydrogen) atoms. The first kappa shape index (κ1) is 15.5. The van der Waals surface area contributed by atoms with Gasteiger partial charge in [0.15, 0.2) is 16.5 Å². The standard InChI is InChI=1S/C15H22ClN5O/c16-12-4-5-13(19-18-12)20-10-6-15(7-11-20,14(17)22)21-8-2-1-3-9-21/h4-5H,1-3,6-11H2,(H2,17,22)/p+1. The van der Waals surface area contributed by atoms with E-state index in [1.54, 1.807) is 6.07 Å². The Bertz CT molecular complexity index is 521. The number of primary amides is 1. The molecule has 120 valence electrons. The minimum Gasteiger partial charge on any atom is -0.364 e. The van der Waals surface area contributed by atoms with Crippen LogP contribution in [0, 0.1) is 0 Å². The molecule has 0 aliphatic carbocycles. The lowest BCUT2D eigenvalue weighted by Crippen LogP contribution is -3.22. The maximum absolute atomic E-state index is 12.2. The number of amides is 1. The molecule has 0 bridgehead atoms. The molecule has 0 atom stereocenters. The molecule has 2 saturated heterocycles. The van der Waals surface area contributed by atoms with Crippen molar-refractivity contribution < 1.29 is 9.69 Å². The van der Waals surface area contributed by atoms with Crippen LogP contribution >= 0.6 is 11.6 Å². The van der Waals surface area contributed by atoms with E-state index in [2.05, 4.69) is 15.1 Å². The number of hydrogen-bond donors (Lipinski definition) is 2. The Morgan fingerprint density at radius 1 is 1.18 bits per heavy atom. The molecule has 3 N–H and O–H groups in total. The number of nitrogens with one attached hydrogen (secondary N) is 1. The monoisotopic (exact) mass is 324 g/mol. The minimum absolute atomic E-state index is 0.147. The third-order valence-electron chi connectivity index (χ3n) is 5.16. The molecule has 2 aliphatic rings. The average Bonchev–Trinajstić information content (AvgIpc) is 2.56. The summed E-state index contributed by atoms with van der Waals surface area (Å²) >= 11 is 5.78. The number of carbonyl (C=O) groups is 1. The molecule has 0 unspecified atom stereocenters. The number of piperidine rings is 2. The molecule has 3 rings (SSSR count). The van der Waals surface area contributed by atoms with Gasteiger partial charge in [-0.2, -0.15) is 0 Å². The van der Waals surface area contributed by atoms with Crippen LogP contribution < -0.4 is 15.5 Å². The number of quaternary nitrogens is 1. The number of likely N-dealkylation sites (tertiary alicyclic amines) is 1. The molecular weight excluding hydrogens is 302 g/mol. The van der Waals surface area contributed by atoms with E-state index >= 15 is 0 Å². The van der Waals surface area contributed by atoms with Crippen molar-refractivity contribution in [2.75, 3.05) is 31.1 Å². The van der Waals surface area contributed by atoms with Crippen LogP contribution in [0.1, 0.15) is 32.1 Å². The first-order valence-corrected chi connectivity index (χ1v) is 8.39. The van der Waals surface area contributed by atoms with Crippen molar-refractivity contribution in [1.82, 2.24) is 10.2 Å². The molecule has 7 heteroatoms. The second kappa shape index (κ2) is 6.38. The van der Waals surface area contributed by atoms with Gasteiger partial charge in [-0.15, -0.1) is 10.2 Å². The second-order valence-electron chi connectivity index (χ2n) is 6.31. The summed E-state index contributed by atoms with van der Waals surface area (Å²) in [5, 5.41) is 8.41. The van der Waals surface area contributed by atoms with Crippen LogP contribution in [0.2, 0.25) is 5.15 Å². The van der Waals surface area contributed by atoms with Crippen molar-refractivity contribution in [2.45, 2.75) is 37.6 Å². The van der Waals surface area contributed by atoms with E-state index < -0.39 is 5.54 Å². The number of aromatic nitrogens is 2. The Balaban J connectivity index is 1.72. The Kier molecular flexibility index (Phi) is 4.49. The van der Waals surface area contributed by atoms with Crippen LogP contribution in [0.3, 0.4) is 0 Å². The molecule has 2 aliphatic heterocycles. The van der Waals surface area contributed by atoms with Gasteiger partial charge in [0.05, 0.1) is 13.1 Å². The number of nitrogens with zero attached hydrogens (tertiary/aromatic N) is 3. The molecule has 1 aromatic rings. The summed E-state index contributed by atoms with van der Waals surface area (Å²) in [4.78, 5) is 15.7. The molecular formula is C15H23ClN5O+. The van der Waals surface area contributed by atoms with Gasteiger partial charge in [-0.1, -0.05) is 11.6 Å². The molecule has 1 amide bonds. The molecule has 6 nitrogen and oxygen atoms in total. The largest absolute Gasteiger partial charge is 0.364 e. The fraction of sp³-hybridized carbons (Fsp3) is 0.667. The molecule has 1 aromatic heterocycles. The molecule has 3 heterocycles. The van der Waals surface area contributed by atoms with Crippen molar-refractivity contribution in [3.05, 3.63) is 17.3 Å². The molecule has 0 saturated carbocycles. The Labute approximate surface area is 135 Å². The van der Waals surface area contributed by atoms with Gasteiger partial charge in [-0.25, -0.2) is 0 Å². The number of carbonyl (C=O) groups excluding carboxylic acids is 1. The van der Waals surface area contributed by atoms with Crippen LogP contribution in [0.5, 0.6) is 0 Å². The van der Waals surface area contributed by atoms with Gasteiger partial charge >= 0.3 is 0 Å². The fourth-order valence-electron chi connectivity index (χ4n) is 3.83. The summed E-state index contributed by atoms with van der Waals surface area (Å²) in [5.74, 6) is 0.669. The van der Waals surface area contributed by atoms with Gasteiger partial charge in [0.25, 0.3) is 5.91 Å². The number of anilines is 1. The summed E-state index contributed by atoms with van der Waals surface area (Å²) in [6.07, 6.45) is 5.21. The molecule has 0 radical (unpaired) electrons. The number of rotatable bonds is 3. The smallest absolute Gasteiger partial charge is 0.278 e. The average molecular weight is 325 g/mol. The summed E-state index contributed by atoms with van der Waals surface area (Å²) in [6.45, 7) is 3.68.